The van der Waals surface area contributed by atoms with Gasteiger partial charge in [0.05, 0.1) is 18.0 Å². The highest BCUT2D eigenvalue weighted by molar-refractivity contribution is 6.53. The van der Waals surface area contributed by atoms with Gasteiger partial charge in [-0.15, -0.1) is 23.2 Å². The summed E-state index contributed by atoms with van der Waals surface area (Å²) in [6.07, 6.45) is 1.47. The molecule has 0 spiro atoms. The summed E-state index contributed by atoms with van der Waals surface area (Å²) in [4.78, 5) is 14.7. The fourth-order valence-electron chi connectivity index (χ4n) is 3.39. The first kappa shape index (κ1) is 12.8. The number of para-hydroxylation sites is 1. The van der Waals surface area contributed by atoms with Crippen molar-refractivity contribution in [3.05, 3.63) is 29.8 Å². The third-order valence-corrected chi connectivity index (χ3v) is 5.93. The van der Waals surface area contributed by atoms with Crippen molar-refractivity contribution >= 4 is 29.1 Å². The topological polar surface area (TPSA) is 29.5 Å². The number of hydrogen-bond donors (Lipinski definition) is 0. The Morgan fingerprint density at radius 2 is 2.10 bits per heavy atom. The van der Waals surface area contributed by atoms with Crippen molar-refractivity contribution in [3.63, 3.8) is 0 Å². The number of carbonyl (C=O) groups excluding carboxylic acids is 1. The number of likely N-dealkylation sites (tertiary alicyclic amines) is 1. The molecule has 0 aromatic heterocycles. The van der Waals surface area contributed by atoms with E-state index in [2.05, 4.69) is 0 Å². The second-order valence-electron chi connectivity index (χ2n) is 6.20. The fraction of sp³-hybridized carbons (Fsp3) is 0.533. The van der Waals surface area contributed by atoms with Crippen LogP contribution in [0.5, 0.6) is 5.75 Å². The zero-order chi connectivity index (χ0) is 14.1. The second kappa shape index (κ2) is 3.83. The van der Waals surface area contributed by atoms with Gasteiger partial charge < -0.3 is 9.64 Å². The Kier molecular flexibility index (Phi) is 2.45. The number of halogens is 2. The van der Waals surface area contributed by atoms with Crippen LogP contribution in [-0.2, 0) is 4.79 Å². The number of amides is 1. The Morgan fingerprint density at radius 1 is 1.40 bits per heavy atom. The summed E-state index contributed by atoms with van der Waals surface area (Å²) in [7, 11) is 0. The molecule has 0 N–H and O–H groups in total. The van der Waals surface area contributed by atoms with Crippen molar-refractivity contribution in [2.45, 2.75) is 36.2 Å². The van der Waals surface area contributed by atoms with Crippen LogP contribution >= 0.6 is 23.2 Å². The first-order valence-corrected chi connectivity index (χ1v) is 7.62. The highest BCUT2D eigenvalue weighted by Crippen LogP contribution is 2.65. The van der Waals surface area contributed by atoms with Crippen LogP contribution in [0.15, 0.2) is 24.3 Å². The molecule has 4 rings (SSSR count). The van der Waals surface area contributed by atoms with Crippen molar-refractivity contribution < 1.29 is 9.53 Å². The van der Waals surface area contributed by atoms with Gasteiger partial charge in [0.2, 0.25) is 5.91 Å². The summed E-state index contributed by atoms with van der Waals surface area (Å²) >= 11 is 12.3. The molecule has 2 heterocycles. The number of hydrogen-bond acceptors (Lipinski definition) is 2. The lowest BCUT2D eigenvalue weighted by atomic mass is 9.99. The highest BCUT2D eigenvalue weighted by atomic mass is 35.5. The molecule has 0 radical (unpaired) electrons. The predicted octanol–water partition coefficient (Wildman–Crippen LogP) is 3.30. The minimum absolute atomic E-state index is 0.0512. The highest BCUT2D eigenvalue weighted by Gasteiger charge is 2.69. The van der Waals surface area contributed by atoms with Gasteiger partial charge in [0.25, 0.3) is 0 Å². The predicted molar refractivity (Wildman–Crippen MR) is 77.1 cm³/mol. The van der Waals surface area contributed by atoms with Gasteiger partial charge in [0.1, 0.15) is 16.2 Å². The molecular formula is C15H15Cl2NO2. The summed E-state index contributed by atoms with van der Waals surface area (Å²) in [6.45, 7) is 2.47. The summed E-state index contributed by atoms with van der Waals surface area (Å²) in [5, 5.41) is 0. The number of benzene rings is 1. The normalized spacial score (nSPS) is 36.2. The first-order chi connectivity index (χ1) is 9.42. The molecule has 2 fully saturated rings. The monoisotopic (exact) mass is 311 g/mol. The smallest absolute Gasteiger partial charge is 0.232 e. The lowest BCUT2D eigenvalue weighted by Gasteiger charge is -2.29. The summed E-state index contributed by atoms with van der Waals surface area (Å²) in [5.41, 5.74) is 0.441. The number of fused-ring (bicyclic) bond motifs is 4. The van der Waals surface area contributed by atoms with E-state index in [1.807, 2.05) is 36.1 Å². The van der Waals surface area contributed by atoms with Gasteiger partial charge in [-0.05, 0) is 19.4 Å². The number of ether oxygens (including phenoxy) is 1. The fourth-order valence-corrected chi connectivity index (χ4v) is 4.09. The Bertz CT molecular complexity index is 603. The van der Waals surface area contributed by atoms with E-state index >= 15 is 0 Å². The first-order valence-electron chi connectivity index (χ1n) is 6.87. The standard InChI is InChI=1S/C15H15Cl2NO2/c1-14(8-15(14,16)17)13(19)18-7-9-6-11(18)10-4-2-3-5-12(10)20-9/h2-5,9,11H,6-8H2,1H3/t9-,11-,14+/m0/s1. The molecular weight excluding hydrogens is 297 g/mol. The average molecular weight is 312 g/mol. The van der Waals surface area contributed by atoms with Gasteiger partial charge in [0, 0.05) is 12.0 Å². The zero-order valence-corrected chi connectivity index (χ0v) is 12.6. The zero-order valence-electron chi connectivity index (χ0n) is 11.1. The summed E-state index contributed by atoms with van der Waals surface area (Å²) < 4.78 is 5.01. The Labute approximate surface area is 127 Å². The van der Waals surface area contributed by atoms with Crippen LogP contribution in [0.3, 0.4) is 0 Å². The molecule has 3 aliphatic rings. The number of rotatable bonds is 1. The molecule has 1 aliphatic carbocycles. The van der Waals surface area contributed by atoms with Crippen LogP contribution in [0, 0.1) is 5.41 Å². The van der Waals surface area contributed by atoms with Crippen LogP contribution in [-0.4, -0.2) is 27.8 Å². The molecule has 5 heteroatoms. The SMILES string of the molecule is C[C@]1(C(=O)N2C[C@@H]3C[C@H]2c2ccccc2O3)CC1(Cl)Cl. The molecule has 1 saturated heterocycles. The molecule has 1 saturated carbocycles. The Morgan fingerprint density at radius 3 is 2.80 bits per heavy atom. The van der Waals surface area contributed by atoms with Gasteiger partial charge in [-0.3, -0.25) is 4.79 Å². The quantitative estimate of drug-likeness (QED) is 0.745. The molecule has 1 amide bonds. The van der Waals surface area contributed by atoms with Gasteiger partial charge in [0.15, 0.2) is 0 Å². The number of nitrogens with zero attached hydrogens (tertiary/aromatic N) is 1. The van der Waals surface area contributed by atoms with Crippen LogP contribution in [0.25, 0.3) is 0 Å². The Balaban J connectivity index is 1.68. The van der Waals surface area contributed by atoms with Crippen molar-refractivity contribution in [2.24, 2.45) is 5.41 Å². The average Bonchev–Trinajstić information content (AvgIpc) is 2.78. The van der Waals surface area contributed by atoms with Crippen LogP contribution < -0.4 is 4.74 Å². The van der Waals surface area contributed by atoms with E-state index < -0.39 is 9.75 Å². The molecule has 20 heavy (non-hydrogen) atoms. The van der Waals surface area contributed by atoms with Gasteiger partial charge in [-0.25, -0.2) is 0 Å². The lowest BCUT2D eigenvalue weighted by molar-refractivity contribution is -0.137. The second-order valence-corrected chi connectivity index (χ2v) is 7.68. The minimum atomic E-state index is -0.916. The van der Waals surface area contributed by atoms with Crippen molar-refractivity contribution in [2.75, 3.05) is 6.54 Å². The largest absolute Gasteiger partial charge is 0.488 e. The van der Waals surface area contributed by atoms with Gasteiger partial charge in [-0.2, -0.15) is 0 Å². The van der Waals surface area contributed by atoms with E-state index in [0.29, 0.717) is 13.0 Å². The third-order valence-electron chi connectivity index (χ3n) is 4.83. The van der Waals surface area contributed by atoms with Crippen molar-refractivity contribution in [3.8, 4) is 5.75 Å². The van der Waals surface area contributed by atoms with E-state index in [0.717, 1.165) is 17.7 Å². The van der Waals surface area contributed by atoms with Crippen LogP contribution in [0.2, 0.25) is 0 Å². The van der Waals surface area contributed by atoms with Crippen molar-refractivity contribution in [1.29, 1.82) is 0 Å². The molecule has 1 aromatic carbocycles. The maximum Gasteiger partial charge on any atom is 0.232 e. The molecule has 0 unspecified atom stereocenters. The van der Waals surface area contributed by atoms with Crippen LogP contribution in [0.4, 0.5) is 0 Å². The number of alkyl halides is 2. The van der Waals surface area contributed by atoms with E-state index in [1.54, 1.807) is 0 Å². The lowest BCUT2D eigenvalue weighted by Crippen LogP contribution is -2.38. The Hall–Kier alpha value is -0.930. The molecule has 3 nitrogen and oxygen atoms in total. The number of carbonyl (C=O) groups is 1. The molecule has 106 valence electrons. The summed E-state index contributed by atoms with van der Waals surface area (Å²) in [5.74, 6) is 0.948. The molecule has 3 atom stereocenters. The summed E-state index contributed by atoms with van der Waals surface area (Å²) in [6, 6.07) is 8.04. The van der Waals surface area contributed by atoms with E-state index in [9.17, 15) is 4.79 Å². The van der Waals surface area contributed by atoms with Crippen LogP contribution in [0.1, 0.15) is 31.4 Å². The van der Waals surface area contributed by atoms with Gasteiger partial charge in [-0.1, -0.05) is 18.2 Å². The van der Waals surface area contributed by atoms with E-state index in [4.69, 9.17) is 27.9 Å². The maximum atomic E-state index is 12.8. The van der Waals surface area contributed by atoms with Crippen molar-refractivity contribution in [1.82, 2.24) is 4.90 Å². The molecule has 1 aromatic rings. The molecule has 2 bridgehead atoms. The maximum absolute atomic E-state index is 12.8. The molecule has 2 aliphatic heterocycles. The third kappa shape index (κ3) is 1.57. The van der Waals surface area contributed by atoms with E-state index in [-0.39, 0.29) is 18.1 Å². The van der Waals surface area contributed by atoms with Gasteiger partial charge >= 0.3 is 0 Å². The van der Waals surface area contributed by atoms with E-state index in [1.165, 1.54) is 0 Å². The minimum Gasteiger partial charge on any atom is -0.488 e.